The Labute approximate surface area is 199 Å². The van der Waals surface area contributed by atoms with E-state index in [-0.39, 0.29) is 41.8 Å². The molecule has 0 aliphatic rings. The third-order valence-electron chi connectivity index (χ3n) is 4.47. The lowest BCUT2D eigenvalue weighted by atomic mass is 10.1. The third kappa shape index (κ3) is 7.56. The molecule has 0 heterocycles. The van der Waals surface area contributed by atoms with E-state index >= 15 is 0 Å². The number of ketones is 1. The summed E-state index contributed by atoms with van der Waals surface area (Å²) in [6.45, 7) is 5.98. The predicted octanol–water partition coefficient (Wildman–Crippen LogP) is 5.12. The van der Waals surface area contributed by atoms with Crippen LogP contribution in [0.25, 0.3) is 0 Å². The van der Waals surface area contributed by atoms with Crippen LogP contribution < -0.4 is 14.8 Å². The van der Waals surface area contributed by atoms with Crippen LogP contribution in [0.15, 0.2) is 78.9 Å². The van der Waals surface area contributed by atoms with Crippen LogP contribution in [0.5, 0.6) is 11.5 Å². The van der Waals surface area contributed by atoms with Gasteiger partial charge in [0.1, 0.15) is 0 Å². The van der Waals surface area contributed by atoms with Crippen molar-refractivity contribution in [3.05, 3.63) is 95.6 Å². The second-order valence-electron chi connectivity index (χ2n) is 8.20. The van der Waals surface area contributed by atoms with Crippen molar-refractivity contribution < 1.29 is 23.9 Å². The molecule has 33 heavy (non-hydrogen) atoms. The fraction of sp³-hybridized carbons (Fsp3) is 0.192. The Morgan fingerprint density at radius 1 is 0.697 bits per heavy atom. The Balaban J connectivity index is 0.00000385. The minimum absolute atomic E-state index is 0. The predicted molar refractivity (Wildman–Crippen MR) is 129 cm³/mol. The van der Waals surface area contributed by atoms with Crippen molar-refractivity contribution in [2.24, 2.45) is 0 Å². The maximum Gasteiger partial charge on any atom is 0.343 e. The molecule has 0 aliphatic carbocycles. The lowest BCUT2D eigenvalue weighted by Crippen LogP contribution is -2.39. The zero-order chi connectivity index (χ0) is 23.1. The average molecular weight is 468 g/mol. The molecular formula is C26H26ClNO5. The van der Waals surface area contributed by atoms with Crippen molar-refractivity contribution in [1.82, 2.24) is 5.32 Å². The fourth-order valence-corrected chi connectivity index (χ4v) is 2.76. The van der Waals surface area contributed by atoms with Gasteiger partial charge in [-0.15, -0.1) is 12.4 Å². The van der Waals surface area contributed by atoms with E-state index in [1.807, 2.05) is 20.8 Å². The summed E-state index contributed by atoms with van der Waals surface area (Å²) in [6.07, 6.45) is 0. The zero-order valence-electron chi connectivity index (χ0n) is 18.7. The molecule has 3 rings (SSSR count). The summed E-state index contributed by atoms with van der Waals surface area (Å²) in [6, 6.07) is 21.3. The maximum absolute atomic E-state index is 12.6. The molecule has 0 atom stereocenters. The van der Waals surface area contributed by atoms with Crippen LogP contribution in [0.4, 0.5) is 0 Å². The molecule has 3 aromatic carbocycles. The van der Waals surface area contributed by atoms with Crippen molar-refractivity contribution in [3.63, 3.8) is 0 Å². The first-order valence-electron chi connectivity index (χ1n) is 10.2. The number of ether oxygens (including phenoxy) is 2. The van der Waals surface area contributed by atoms with Gasteiger partial charge in [0.05, 0.1) is 17.7 Å². The average Bonchev–Trinajstić information content (AvgIpc) is 2.79. The number of hydrogen-bond acceptors (Lipinski definition) is 6. The number of benzene rings is 3. The van der Waals surface area contributed by atoms with Gasteiger partial charge in [-0.3, -0.25) is 4.79 Å². The Bertz CT molecular complexity index is 1110. The highest BCUT2D eigenvalue weighted by molar-refractivity contribution is 5.99. The molecule has 0 unspecified atom stereocenters. The Hall–Kier alpha value is -3.48. The summed E-state index contributed by atoms with van der Waals surface area (Å²) in [5, 5.41) is 3.13. The van der Waals surface area contributed by atoms with Crippen molar-refractivity contribution in [2.75, 3.05) is 6.54 Å². The van der Waals surface area contributed by atoms with Gasteiger partial charge < -0.3 is 14.8 Å². The number of carbonyl (C=O) groups is 3. The number of carbonyl (C=O) groups excluding carboxylic acids is 3. The van der Waals surface area contributed by atoms with Crippen LogP contribution in [0.2, 0.25) is 0 Å². The van der Waals surface area contributed by atoms with Crippen LogP contribution in [-0.4, -0.2) is 29.8 Å². The summed E-state index contributed by atoms with van der Waals surface area (Å²) in [5.74, 6) is -1.37. The van der Waals surface area contributed by atoms with E-state index in [0.717, 1.165) is 0 Å². The first-order valence-corrected chi connectivity index (χ1v) is 10.2. The van der Waals surface area contributed by atoms with Gasteiger partial charge in [0, 0.05) is 11.1 Å². The molecule has 6 nitrogen and oxygen atoms in total. The smallest absolute Gasteiger partial charge is 0.343 e. The standard InChI is InChI=1S/C26H25NO5.ClH/c1-26(2,3)27-17-21(28)20-14-15-22(31-24(29)18-10-6-4-7-11-18)23(16-20)32-25(30)19-12-8-5-9-13-19;/h4-16,27H,17H2,1-3H3;1H. The van der Waals surface area contributed by atoms with Crippen molar-refractivity contribution in [1.29, 1.82) is 0 Å². The van der Waals surface area contributed by atoms with Crippen LogP contribution in [0.1, 0.15) is 51.8 Å². The lowest BCUT2D eigenvalue weighted by Gasteiger charge is -2.20. The van der Waals surface area contributed by atoms with Crippen molar-refractivity contribution >= 4 is 30.1 Å². The second-order valence-corrected chi connectivity index (χ2v) is 8.20. The van der Waals surface area contributed by atoms with Gasteiger partial charge in [-0.1, -0.05) is 36.4 Å². The van der Waals surface area contributed by atoms with E-state index in [2.05, 4.69) is 5.32 Å². The topological polar surface area (TPSA) is 81.7 Å². The van der Waals surface area contributed by atoms with Gasteiger partial charge in [-0.25, -0.2) is 9.59 Å². The molecule has 0 aliphatic heterocycles. The molecule has 0 spiro atoms. The Kier molecular flexibility index (Phi) is 8.91. The lowest BCUT2D eigenvalue weighted by molar-refractivity contribution is 0.0682. The first kappa shape index (κ1) is 25.8. The highest BCUT2D eigenvalue weighted by Crippen LogP contribution is 2.30. The van der Waals surface area contributed by atoms with Crippen LogP contribution in [0, 0.1) is 0 Å². The summed E-state index contributed by atoms with van der Waals surface area (Å²) in [5.41, 5.74) is 0.780. The molecule has 0 saturated heterocycles. The largest absolute Gasteiger partial charge is 0.419 e. The normalized spacial score (nSPS) is 10.6. The van der Waals surface area contributed by atoms with Crippen molar-refractivity contribution in [2.45, 2.75) is 26.3 Å². The van der Waals surface area contributed by atoms with Crippen LogP contribution in [0.3, 0.4) is 0 Å². The quantitative estimate of drug-likeness (QED) is 0.295. The SMILES string of the molecule is CC(C)(C)NCC(=O)c1ccc(OC(=O)c2ccccc2)c(OC(=O)c2ccccc2)c1.Cl. The van der Waals surface area contributed by atoms with E-state index in [1.54, 1.807) is 66.7 Å². The maximum atomic E-state index is 12.6. The summed E-state index contributed by atoms with van der Waals surface area (Å²) in [7, 11) is 0. The second kappa shape index (κ2) is 11.4. The van der Waals surface area contributed by atoms with E-state index in [0.29, 0.717) is 16.7 Å². The molecule has 172 valence electrons. The fourth-order valence-electron chi connectivity index (χ4n) is 2.76. The highest BCUT2D eigenvalue weighted by atomic mass is 35.5. The number of Topliss-reactive ketones (excluding diaryl/α,β-unsaturated/α-hetero) is 1. The number of rotatable bonds is 7. The van der Waals surface area contributed by atoms with Gasteiger partial charge in [-0.2, -0.15) is 0 Å². The van der Waals surface area contributed by atoms with E-state index in [4.69, 9.17) is 9.47 Å². The van der Waals surface area contributed by atoms with Crippen molar-refractivity contribution in [3.8, 4) is 11.5 Å². The molecule has 0 bridgehead atoms. The molecule has 1 N–H and O–H groups in total. The Morgan fingerprint density at radius 2 is 1.18 bits per heavy atom. The Morgan fingerprint density at radius 3 is 1.67 bits per heavy atom. The van der Waals surface area contributed by atoms with Gasteiger partial charge in [-0.05, 0) is 63.2 Å². The highest BCUT2D eigenvalue weighted by Gasteiger charge is 2.19. The third-order valence-corrected chi connectivity index (χ3v) is 4.47. The van der Waals surface area contributed by atoms with E-state index in [9.17, 15) is 14.4 Å². The number of esters is 2. The van der Waals surface area contributed by atoms with Crippen LogP contribution >= 0.6 is 12.4 Å². The molecule has 0 saturated carbocycles. The summed E-state index contributed by atoms with van der Waals surface area (Å²) < 4.78 is 11.0. The molecule has 0 fully saturated rings. The molecular weight excluding hydrogens is 442 g/mol. The van der Waals surface area contributed by atoms with Gasteiger partial charge >= 0.3 is 11.9 Å². The number of nitrogens with one attached hydrogen (secondary N) is 1. The summed E-state index contributed by atoms with van der Waals surface area (Å²) >= 11 is 0. The molecule has 7 heteroatoms. The number of halogens is 1. The van der Waals surface area contributed by atoms with Gasteiger partial charge in [0.2, 0.25) is 0 Å². The minimum atomic E-state index is -0.625. The first-order chi connectivity index (χ1) is 15.2. The minimum Gasteiger partial charge on any atom is -0.419 e. The molecule has 0 aromatic heterocycles. The van der Waals surface area contributed by atoms with Crippen LogP contribution in [-0.2, 0) is 0 Å². The molecule has 3 aromatic rings. The molecule has 0 amide bonds. The van der Waals surface area contributed by atoms with Gasteiger partial charge in [0.15, 0.2) is 17.3 Å². The van der Waals surface area contributed by atoms with E-state index < -0.39 is 11.9 Å². The number of hydrogen-bond donors (Lipinski definition) is 1. The zero-order valence-corrected chi connectivity index (χ0v) is 19.5. The summed E-state index contributed by atoms with van der Waals surface area (Å²) in [4.78, 5) is 37.8. The monoisotopic (exact) mass is 467 g/mol. The molecule has 0 radical (unpaired) electrons. The van der Waals surface area contributed by atoms with E-state index in [1.165, 1.54) is 12.1 Å². The van der Waals surface area contributed by atoms with Gasteiger partial charge in [0.25, 0.3) is 0 Å².